The minimum atomic E-state index is 0.0850. The second-order valence-electron chi connectivity index (χ2n) is 5.29. The maximum absolute atomic E-state index is 10.4. The average molecular weight is 217 g/mol. The van der Waals surface area contributed by atoms with Crippen LogP contribution in [0.3, 0.4) is 0 Å². The van der Waals surface area contributed by atoms with E-state index < -0.39 is 0 Å². The van der Waals surface area contributed by atoms with Gasteiger partial charge in [-0.15, -0.1) is 0 Å². The van der Waals surface area contributed by atoms with E-state index in [0.29, 0.717) is 12.3 Å². The molecule has 0 heterocycles. The van der Waals surface area contributed by atoms with Crippen molar-refractivity contribution in [2.24, 2.45) is 5.73 Å². The molecule has 0 unspecified atom stereocenters. The number of phenols is 1. The molecular formula is C14H19NO. The largest absolute Gasteiger partial charge is 0.507 e. The van der Waals surface area contributed by atoms with Crippen molar-refractivity contribution in [3.63, 3.8) is 0 Å². The summed E-state index contributed by atoms with van der Waals surface area (Å²) < 4.78 is 0. The first-order chi connectivity index (χ1) is 7.77. The monoisotopic (exact) mass is 217 g/mol. The highest BCUT2D eigenvalue weighted by Gasteiger charge is 2.40. The van der Waals surface area contributed by atoms with Crippen LogP contribution in [0, 0.1) is 0 Å². The van der Waals surface area contributed by atoms with Crippen LogP contribution >= 0.6 is 0 Å². The summed E-state index contributed by atoms with van der Waals surface area (Å²) in [5, 5.41) is 10.4. The van der Waals surface area contributed by atoms with Gasteiger partial charge in [0.2, 0.25) is 0 Å². The van der Waals surface area contributed by atoms with Gasteiger partial charge in [-0.05, 0) is 43.2 Å². The lowest BCUT2D eigenvalue weighted by Gasteiger charge is -2.42. The highest BCUT2D eigenvalue weighted by atomic mass is 16.3. The van der Waals surface area contributed by atoms with E-state index in [9.17, 15) is 5.11 Å². The fourth-order valence-corrected chi connectivity index (χ4v) is 3.26. The number of fused-ring (bicyclic) bond motifs is 1. The normalized spacial score (nSPS) is 21.6. The molecular weight excluding hydrogens is 198 g/mol. The van der Waals surface area contributed by atoms with Crippen molar-refractivity contribution in [3.05, 3.63) is 28.8 Å². The van der Waals surface area contributed by atoms with Crippen LogP contribution in [-0.4, -0.2) is 11.7 Å². The van der Waals surface area contributed by atoms with Crippen molar-refractivity contribution >= 4 is 0 Å². The van der Waals surface area contributed by atoms with Crippen LogP contribution in [0.15, 0.2) is 12.1 Å². The molecule has 1 fully saturated rings. The number of aromatic hydroxyl groups is 1. The first-order valence-corrected chi connectivity index (χ1v) is 6.31. The first kappa shape index (κ1) is 10.2. The molecule has 1 aromatic carbocycles. The van der Waals surface area contributed by atoms with Gasteiger partial charge in [-0.2, -0.15) is 0 Å². The van der Waals surface area contributed by atoms with Crippen LogP contribution in [0.4, 0.5) is 0 Å². The molecule has 2 aliphatic rings. The van der Waals surface area contributed by atoms with Crippen LogP contribution in [0.2, 0.25) is 0 Å². The molecule has 16 heavy (non-hydrogen) atoms. The lowest BCUT2D eigenvalue weighted by molar-refractivity contribution is 0.244. The number of benzene rings is 1. The Morgan fingerprint density at radius 2 is 2.00 bits per heavy atom. The predicted molar refractivity (Wildman–Crippen MR) is 64.7 cm³/mol. The summed E-state index contributed by atoms with van der Waals surface area (Å²) in [6.07, 6.45) is 6.86. The van der Waals surface area contributed by atoms with Gasteiger partial charge in [0.15, 0.2) is 0 Å². The van der Waals surface area contributed by atoms with Gasteiger partial charge in [0.25, 0.3) is 0 Å². The molecule has 2 heteroatoms. The van der Waals surface area contributed by atoms with Crippen molar-refractivity contribution in [3.8, 4) is 5.75 Å². The Kier molecular flexibility index (Phi) is 2.21. The van der Waals surface area contributed by atoms with Crippen LogP contribution in [0.25, 0.3) is 0 Å². The number of nitrogens with two attached hydrogens (primary N) is 1. The SMILES string of the molecule is NCC1(c2ccc3c(c2O)CCC3)CCC1. The Bertz CT molecular complexity index is 415. The van der Waals surface area contributed by atoms with Crippen molar-refractivity contribution in [1.29, 1.82) is 0 Å². The lowest BCUT2D eigenvalue weighted by atomic mass is 9.64. The predicted octanol–water partition coefficient (Wildman–Crippen LogP) is 2.26. The smallest absolute Gasteiger partial charge is 0.122 e. The van der Waals surface area contributed by atoms with E-state index in [-0.39, 0.29) is 5.41 Å². The molecule has 0 aliphatic heterocycles. The van der Waals surface area contributed by atoms with Crippen molar-refractivity contribution in [2.75, 3.05) is 6.54 Å². The molecule has 0 radical (unpaired) electrons. The molecule has 0 amide bonds. The van der Waals surface area contributed by atoms with Gasteiger partial charge in [0.05, 0.1) is 0 Å². The zero-order valence-electron chi connectivity index (χ0n) is 9.63. The molecule has 2 nitrogen and oxygen atoms in total. The highest BCUT2D eigenvalue weighted by molar-refractivity contribution is 5.51. The number of phenolic OH excluding ortho intramolecular Hbond substituents is 1. The van der Waals surface area contributed by atoms with Gasteiger partial charge in [-0.3, -0.25) is 0 Å². The van der Waals surface area contributed by atoms with Crippen LogP contribution in [-0.2, 0) is 18.3 Å². The van der Waals surface area contributed by atoms with E-state index in [0.717, 1.165) is 31.2 Å². The molecule has 0 bridgehead atoms. The summed E-state index contributed by atoms with van der Waals surface area (Å²) in [5.41, 5.74) is 9.63. The van der Waals surface area contributed by atoms with E-state index in [1.54, 1.807) is 0 Å². The molecule has 1 aromatic rings. The molecule has 0 saturated heterocycles. The standard InChI is InChI=1S/C14H19NO/c15-9-14(7-2-8-14)12-6-5-10-3-1-4-11(10)13(12)16/h5-6,16H,1-4,7-9,15H2. The molecule has 0 spiro atoms. The Labute approximate surface area is 96.5 Å². The second-order valence-corrected chi connectivity index (χ2v) is 5.29. The number of rotatable bonds is 2. The highest BCUT2D eigenvalue weighted by Crippen LogP contribution is 2.48. The third kappa shape index (κ3) is 1.23. The van der Waals surface area contributed by atoms with E-state index in [1.807, 2.05) is 0 Å². The summed E-state index contributed by atoms with van der Waals surface area (Å²) in [6, 6.07) is 4.32. The maximum atomic E-state index is 10.4. The first-order valence-electron chi connectivity index (χ1n) is 6.31. The summed E-state index contributed by atoms with van der Waals surface area (Å²) >= 11 is 0. The minimum absolute atomic E-state index is 0.0850. The second kappa shape index (κ2) is 3.49. The fourth-order valence-electron chi connectivity index (χ4n) is 3.26. The number of aryl methyl sites for hydroxylation is 1. The average Bonchev–Trinajstić information content (AvgIpc) is 2.69. The summed E-state index contributed by atoms with van der Waals surface area (Å²) in [6.45, 7) is 0.666. The molecule has 86 valence electrons. The van der Waals surface area contributed by atoms with E-state index in [2.05, 4.69) is 12.1 Å². The van der Waals surface area contributed by atoms with Gasteiger partial charge < -0.3 is 10.8 Å². The molecule has 3 rings (SSSR count). The Hall–Kier alpha value is -1.02. The van der Waals surface area contributed by atoms with Gasteiger partial charge in [0.1, 0.15) is 5.75 Å². The van der Waals surface area contributed by atoms with Gasteiger partial charge in [-0.25, -0.2) is 0 Å². The van der Waals surface area contributed by atoms with Crippen molar-refractivity contribution < 1.29 is 5.11 Å². The summed E-state index contributed by atoms with van der Waals surface area (Å²) in [5.74, 6) is 0.556. The third-order valence-electron chi connectivity index (χ3n) is 4.53. The Morgan fingerprint density at radius 3 is 2.62 bits per heavy atom. The number of hydrogen-bond acceptors (Lipinski definition) is 2. The summed E-state index contributed by atoms with van der Waals surface area (Å²) in [7, 11) is 0. The van der Waals surface area contributed by atoms with E-state index in [4.69, 9.17) is 5.73 Å². The van der Waals surface area contributed by atoms with Crippen LogP contribution < -0.4 is 5.73 Å². The van der Waals surface area contributed by atoms with Gasteiger partial charge in [0, 0.05) is 17.5 Å². The zero-order chi connectivity index (χ0) is 11.2. The maximum Gasteiger partial charge on any atom is 0.122 e. The molecule has 2 aliphatic carbocycles. The van der Waals surface area contributed by atoms with Gasteiger partial charge in [-0.1, -0.05) is 18.6 Å². The van der Waals surface area contributed by atoms with Crippen LogP contribution in [0.1, 0.15) is 42.4 Å². The quantitative estimate of drug-likeness (QED) is 0.798. The molecule has 0 atom stereocenters. The van der Waals surface area contributed by atoms with E-state index >= 15 is 0 Å². The summed E-state index contributed by atoms with van der Waals surface area (Å²) in [4.78, 5) is 0. The Balaban J connectivity index is 2.08. The van der Waals surface area contributed by atoms with Gasteiger partial charge >= 0.3 is 0 Å². The third-order valence-corrected chi connectivity index (χ3v) is 4.53. The number of hydrogen-bond donors (Lipinski definition) is 2. The van der Waals surface area contributed by atoms with Crippen molar-refractivity contribution in [2.45, 2.75) is 43.9 Å². The van der Waals surface area contributed by atoms with Crippen molar-refractivity contribution in [1.82, 2.24) is 0 Å². The molecule has 1 saturated carbocycles. The molecule has 3 N–H and O–H groups in total. The molecule has 0 aromatic heterocycles. The van der Waals surface area contributed by atoms with E-state index in [1.165, 1.54) is 24.0 Å². The van der Waals surface area contributed by atoms with Crippen LogP contribution in [0.5, 0.6) is 5.75 Å². The minimum Gasteiger partial charge on any atom is -0.507 e. The topological polar surface area (TPSA) is 46.2 Å². The lowest BCUT2D eigenvalue weighted by Crippen LogP contribution is -2.41. The fraction of sp³-hybridized carbons (Fsp3) is 0.571. The Morgan fingerprint density at radius 1 is 1.19 bits per heavy atom. The zero-order valence-corrected chi connectivity index (χ0v) is 9.63.